The Kier molecular flexibility index (Phi) is 3.81. The van der Waals surface area contributed by atoms with Crippen molar-refractivity contribution in [3.63, 3.8) is 0 Å². The van der Waals surface area contributed by atoms with Crippen LogP contribution in [0.5, 0.6) is 0 Å². The summed E-state index contributed by atoms with van der Waals surface area (Å²) in [6.45, 7) is 1.08. The summed E-state index contributed by atoms with van der Waals surface area (Å²) >= 11 is 0. The van der Waals surface area contributed by atoms with Crippen molar-refractivity contribution < 1.29 is 0 Å². The van der Waals surface area contributed by atoms with E-state index in [0.29, 0.717) is 0 Å². The van der Waals surface area contributed by atoms with Gasteiger partial charge in [-0.1, -0.05) is 25.7 Å². The lowest BCUT2D eigenvalue weighted by atomic mass is 10.0. The smallest absolute Gasteiger partial charge is 0.0130 e. The van der Waals surface area contributed by atoms with Gasteiger partial charge in [0.2, 0.25) is 0 Å². The molecule has 0 bridgehead atoms. The van der Waals surface area contributed by atoms with Crippen molar-refractivity contribution in [2.24, 2.45) is 5.92 Å². The minimum atomic E-state index is 1.06. The highest BCUT2D eigenvalue weighted by molar-refractivity contribution is 4.67. The Morgan fingerprint density at radius 3 is 2.60 bits per heavy atom. The zero-order chi connectivity index (χ0) is 7.23. The van der Waals surface area contributed by atoms with Crippen LogP contribution in [0, 0.1) is 5.92 Å². The predicted molar refractivity (Wildman–Crippen MR) is 44.1 cm³/mol. The molecule has 1 aliphatic carbocycles. The van der Waals surface area contributed by atoms with Gasteiger partial charge in [0.25, 0.3) is 0 Å². The van der Waals surface area contributed by atoms with Gasteiger partial charge in [0.05, 0.1) is 0 Å². The number of hydrogen-bond acceptors (Lipinski definition) is 0. The second-order valence-corrected chi connectivity index (χ2v) is 3.33. The average molecular weight is 140 g/mol. The van der Waals surface area contributed by atoms with Crippen LogP contribution in [0.4, 0.5) is 0 Å². The molecular formula is C9H18N. The highest BCUT2D eigenvalue weighted by atomic mass is 14.8. The summed E-state index contributed by atoms with van der Waals surface area (Å²) in [5.41, 5.74) is 0. The maximum Gasteiger partial charge on any atom is 0.0130 e. The molecule has 1 fully saturated rings. The van der Waals surface area contributed by atoms with Crippen molar-refractivity contribution in [1.29, 1.82) is 0 Å². The van der Waals surface area contributed by atoms with Gasteiger partial charge in [-0.2, -0.15) is 0 Å². The lowest BCUT2D eigenvalue weighted by Crippen LogP contribution is -2.02. The lowest BCUT2D eigenvalue weighted by Gasteiger charge is -2.06. The van der Waals surface area contributed by atoms with Gasteiger partial charge in [0, 0.05) is 13.6 Å². The Hall–Kier alpha value is -0.0400. The molecule has 1 saturated carbocycles. The molecule has 1 radical (unpaired) electrons. The standard InChI is InChI=1S/C9H18N/c1-10-8-4-7-9-5-2-3-6-9/h9H,2-8H2,1H3. The molecule has 0 N–H and O–H groups in total. The van der Waals surface area contributed by atoms with Gasteiger partial charge in [-0.05, 0) is 18.8 Å². The zero-order valence-corrected chi connectivity index (χ0v) is 6.97. The summed E-state index contributed by atoms with van der Waals surface area (Å²) in [6, 6.07) is 0. The SMILES string of the molecule is C[N]CCCC1CCCC1. The quantitative estimate of drug-likeness (QED) is 0.531. The van der Waals surface area contributed by atoms with Gasteiger partial charge in [-0.3, -0.25) is 0 Å². The molecule has 0 saturated heterocycles. The molecule has 0 aromatic carbocycles. The van der Waals surface area contributed by atoms with Gasteiger partial charge in [-0.25, -0.2) is 5.32 Å². The normalized spacial score (nSPS) is 20.1. The maximum atomic E-state index is 4.10. The topological polar surface area (TPSA) is 14.1 Å². The molecule has 0 atom stereocenters. The lowest BCUT2D eigenvalue weighted by molar-refractivity contribution is 0.476. The van der Waals surface area contributed by atoms with Crippen LogP contribution in [0.25, 0.3) is 0 Å². The van der Waals surface area contributed by atoms with E-state index >= 15 is 0 Å². The summed E-state index contributed by atoms with van der Waals surface area (Å²) in [6.07, 6.45) is 8.69. The first-order chi connectivity index (χ1) is 4.93. The Balaban J connectivity index is 1.91. The molecule has 0 aromatic rings. The molecule has 1 aliphatic rings. The van der Waals surface area contributed by atoms with Gasteiger partial charge < -0.3 is 0 Å². The molecule has 1 heteroatoms. The fourth-order valence-electron chi connectivity index (χ4n) is 1.84. The first-order valence-electron chi connectivity index (χ1n) is 4.49. The number of rotatable bonds is 4. The van der Waals surface area contributed by atoms with E-state index in [9.17, 15) is 0 Å². The molecule has 59 valence electrons. The average Bonchev–Trinajstić information content (AvgIpc) is 2.41. The highest BCUT2D eigenvalue weighted by Gasteiger charge is 2.13. The van der Waals surface area contributed by atoms with E-state index in [0.717, 1.165) is 12.5 Å². The van der Waals surface area contributed by atoms with Gasteiger partial charge >= 0.3 is 0 Å². The van der Waals surface area contributed by atoms with Crippen LogP contribution in [0.3, 0.4) is 0 Å². The van der Waals surface area contributed by atoms with Crippen molar-refractivity contribution in [1.82, 2.24) is 5.32 Å². The minimum Gasteiger partial charge on any atom is -0.245 e. The molecule has 1 nitrogen and oxygen atoms in total. The summed E-state index contributed by atoms with van der Waals surface area (Å²) in [4.78, 5) is 0. The Morgan fingerprint density at radius 1 is 1.30 bits per heavy atom. The molecule has 0 heterocycles. The third kappa shape index (κ3) is 2.70. The van der Waals surface area contributed by atoms with Crippen LogP contribution in [0.2, 0.25) is 0 Å². The van der Waals surface area contributed by atoms with E-state index < -0.39 is 0 Å². The second-order valence-electron chi connectivity index (χ2n) is 3.33. The summed E-state index contributed by atoms with van der Waals surface area (Å²) < 4.78 is 0. The molecule has 0 unspecified atom stereocenters. The predicted octanol–water partition coefficient (Wildman–Crippen LogP) is 2.19. The zero-order valence-electron chi connectivity index (χ0n) is 6.97. The third-order valence-corrected chi connectivity index (χ3v) is 2.47. The van der Waals surface area contributed by atoms with Crippen LogP contribution in [-0.2, 0) is 0 Å². The van der Waals surface area contributed by atoms with Crippen molar-refractivity contribution in [3.8, 4) is 0 Å². The molecule has 0 amide bonds. The van der Waals surface area contributed by atoms with Crippen LogP contribution in [0.15, 0.2) is 0 Å². The van der Waals surface area contributed by atoms with Crippen LogP contribution >= 0.6 is 0 Å². The van der Waals surface area contributed by atoms with E-state index in [4.69, 9.17) is 0 Å². The fraction of sp³-hybridized carbons (Fsp3) is 1.00. The van der Waals surface area contributed by atoms with Gasteiger partial charge in [0.1, 0.15) is 0 Å². The van der Waals surface area contributed by atoms with E-state index in [1.807, 2.05) is 7.05 Å². The summed E-state index contributed by atoms with van der Waals surface area (Å²) in [5, 5.41) is 4.10. The molecule has 1 rings (SSSR count). The van der Waals surface area contributed by atoms with E-state index in [1.165, 1.54) is 38.5 Å². The second kappa shape index (κ2) is 4.73. The fourth-order valence-corrected chi connectivity index (χ4v) is 1.84. The largest absolute Gasteiger partial charge is 0.245 e. The molecule has 0 spiro atoms. The van der Waals surface area contributed by atoms with Crippen molar-refractivity contribution >= 4 is 0 Å². The van der Waals surface area contributed by atoms with E-state index in [-0.39, 0.29) is 0 Å². The third-order valence-electron chi connectivity index (χ3n) is 2.47. The van der Waals surface area contributed by atoms with Gasteiger partial charge in [-0.15, -0.1) is 0 Å². The minimum absolute atomic E-state index is 1.06. The van der Waals surface area contributed by atoms with Crippen LogP contribution in [-0.4, -0.2) is 13.6 Å². The van der Waals surface area contributed by atoms with Crippen molar-refractivity contribution in [2.45, 2.75) is 38.5 Å². The van der Waals surface area contributed by atoms with E-state index in [2.05, 4.69) is 5.32 Å². The number of hydrogen-bond donors (Lipinski definition) is 0. The highest BCUT2D eigenvalue weighted by Crippen LogP contribution is 2.28. The molecule has 0 aromatic heterocycles. The summed E-state index contributed by atoms with van der Waals surface area (Å²) in [7, 11) is 1.91. The Morgan fingerprint density at radius 2 is 2.00 bits per heavy atom. The maximum absolute atomic E-state index is 4.10. The Labute approximate surface area is 64.2 Å². The van der Waals surface area contributed by atoms with Crippen molar-refractivity contribution in [2.75, 3.05) is 13.6 Å². The van der Waals surface area contributed by atoms with Crippen LogP contribution < -0.4 is 5.32 Å². The molecule has 10 heavy (non-hydrogen) atoms. The first-order valence-corrected chi connectivity index (χ1v) is 4.49. The monoisotopic (exact) mass is 140 g/mol. The first kappa shape index (κ1) is 8.06. The van der Waals surface area contributed by atoms with Crippen LogP contribution in [0.1, 0.15) is 38.5 Å². The summed E-state index contributed by atoms with van der Waals surface area (Å²) in [5.74, 6) is 1.06. The molecule has 0 aliphatic heterocycles. The van der Waals surface area contributed by atoms with E-state index in [1.54, 1.807) is 0 Å². The Bertz CT molecular complexity index is 74.8. The van der Waals surface area contributed by atoms with Gasteiger partial charge in [0.15, 0.2) is 0 Å². The number of nitrogens with zero attached hydrogens (tertiary/aromatic N) is 1. The van der Waals surface area contributed by atoms with Crippen molar-refractivity contribution in [3.05, 3.63) is 0 Å². The molecular weight excluding hydrogens is 122 g/mol.